The van der Waals surface area contributed by atoms with Crippen molar-refractivity contribution in [1.82, 2.24) is 0 Å². The summed E-state index contributed by atoms with van der Waals surface area (Å²) in [5.74, 6) is 0.538. The van der Waals surface area contributed by atoms with E-state index in [-0.39, 0.29) is 24.6 Å². The minimum absolute atomic E-state index is 0. The van der Waals surface area contributed by atoms with Gasteiger partial charge in [-0.1, -0.05) is 29.6 Å². The zero-order valence-corrected chi connectivity index (χ0v) is 14.4. The average Bonchev–Trinajstić information content (AvgIpc) is 2.38. The number of halogens is 2. The van der Waals surface area contributed by atoms with Crippen molar-refractivity contribution < 1.29 is 33.1 Å². The second kappa shape index (κ2) is 9.93. The Bertz CT molecular complexity index is 441. The van der Waals surface area contributed by atoms with E-state index >= 15 is 0 Å². The van der Waals surface area contributed by atoms with Crippen LogP contribution in [0, 0.1) is 0 Å². The summed E-state index contributed by atoms with van der Waals surface area (Å²) in [6, 6.07) is 1.51. The predicted molar refractivity (Wildman–Crippen MR) is 80.9 cm³/mol. The number of ketones is 1. The minimum atomic E-state index is -0.0850. The van der Waals surface area contributed by atoms with E-state index in [0.717, 1.165) is 19.0 Å². The third kappa shape index (κ3) is 4.83. The fourth-order valence-corrected chi connectivity index (χ4v) is 2.64. The van der Waals surface area contributed by atoms with Crippen molar-refractivity contribution in [2.45, 2.75) is 19.3 Å². The molecule has 1 aromatic carbocycles. The number of benzene rings is 1. The second-order valence-electron chi connectivity index (χ2n) is 3.91. The molecular weight excluding hydrogens is 313 g/mol. The van der Waals surface area contributed by atoms with Crippen LogP contribution in [-0.4, -0.2) is 26.2 Å². The standard InChI is InChI=1S/C13H16Cl2O3P.Li/c1-17-12-8(14)7-9(15)13(18-2)11(12)10(16)5-3-4-6-19;/h7,19H,3-6H2,1-2H3;/q-1;+1. The van der Waals surface area contributed by atoms with Gasteiger partial charge in [-0.2, -0.15) is 6.16 Å². The first kappa shape index (κ1) is 20.1. The molecule has 0 aliphatic heterocycles. The second-order valence-corrected chi connectivity index (χ2v) is 5.23. The van der Waals surface area contributed by atoms with Crippen molar-refractivity contribution in [3.05, 3.63) is 21.7 Å². The van der Waals surface area contributed by atoms with Gasteiger partial charge in [0.25, 0.3) is 0 Å². The molecule has 0 aliphatic rings. The molecule has 0 saturated heterocycles. The molecule has 0 aromatic heterocycles. The van der Waals surface area contributed by atoms with E-state index in [4.69, 9.17) is 32.7 Å². The molecule has 3 nitrogen and oxygen atoms in total. The van der Waals surface area contributed by atoms with E-state index in [1.807, 2.05) is 0 Å². The van der Waals surface area contributed by atoms with Gasteiger partial charge in [-0.05, 0) is 12.5 Å². The third-order valence-corrected chi connectivity index (χ3v) is 3.57. The molecule has 20 heavy (non-hydrogen) atoms. The molecule has 0 amide bonds. The van der Waals surface area contributed by atoms with Crippen LogP contribution in [0.2, 0.25) is 10.0 Å². The normalized spacial score (nSPS) is 9.85. The first-order valence-corrected chi connectivity index (χ1v) is 7.30. The maximum Gasteiger partial charge on any atom is 1.00 e. The van der Waals surface area contributed by atoms with Crippen molar-refractivity contribution in [2.75, 3.05) is 20.4 Å². The number of ether oxygens (including phenoxy) is 2. The first-order chi connectivity index (χ1) is 9.06. The fourth-order valence-electron chi connectivity index (χ4n) is 1.77. The Balaban J connectivity index is 0.00000361. The first-order valence-electron chi connectivity index (χ1n) is 5.84. The van der Waals surface area contributed by atoms with Crippen LogP contribution in [-0.2, 0) is 0 Å². The van der Waals surface area contributed by atoms with Crippen LogP contribution in [0.5, 0.6) is 11.5 Å². The Hall–Kier alpha value is 0.0974. The number of rotatable bonds is 7. The number of Topliss-reactive ketones (excluding diaryl/α,β-unsaturated/α-hetero) is 1. The van der Waals surface area contributed by atoms with Gasteiger partial charge in [0.1, 0.15) is 5.56 Å². The molecule has 1 rings (SSSR count). The quantitative estimate of drug-likeness (QED) is 0.329. The van der Waals surface area contributed by atoms with Gasteiger partial charge in [0.2, 0.25) is 0 Å². The molecule has 0 aliphatic carbocycles. The molecule has 106 valence electrons. The summed E-state index contributed by atoms with van der Waals surface area (Å²) < 4.78 is 10.4. The Kier molecular flexibility index (Phi) is 9.98. The van der Waals surface area contributed by atoms with Crippen molar-refractivity contribution in [1.29, 1.82) is 0 Å². The summed E-state index contributed by atoms with van der Waals surface area (Å²) in [6.45, 7) is 0. The molecule has 0 unspecified atom stereocenters. The van der Waals surface area contributed by atoms with E-state index in [0.29, 0.717) is 33.5 Å². The number of unbranched alkanes of at least 4 members (excludes halogenated alkanes) is 1. The summed E-state index contributed by atoms with van der Waals surface area (Å²) in [7, 11) is 6.30. The SMILES string of the molecule is COc1c(Cl)cc(Cl)c(OC)c1C(=O)CCCC[PH-].[Li+]. The van der Waals surface area contributed by atoms with Gasteiger partial charge < -0.3 is 18.7 Å². The maximum absolute atomic E-state index is 12.3. The van der Waals surface area contributed by atoms with E-state index in [2.05, 4.69) is 9.24 Å². The number of hydrogen-bond acceptors (Lipinski definition) is 3. The van der Waals surface area contributed by atoms with E-state index in [1.54, 1.807) is 0 Å². The van der Waals surface area contributed by atoms with Crippen LogP contribution >= 0.6 is 32.4 Å². The number of hydrogen-bond donors (Lipinski definition) is 0. The zero-order chi connectivity index (χ0) is 14.4. The van der Waals surface area contributed by atoms with Crippen LogP contribution in [0.25, 0.3) is 0 Å². The molecule has 0 saturated carbocycles. The van der Waals surface area contributed by atoms with Crippen LogP contribution in [0.3, 0.4) is 0 Å². The Morgan fingerprint density at radius 3 is 2.05 bits per heavy atom. The Morgan fingerprint density at radius 1 is 1.15 bits per heavy atom. The monoisotopic (exact) mass is 328 g/mol. The summed E-state index contributed by atoms with van der Waals surface area (Å²) in [4.78, 5) is 12.3. The summed E-state index contributed by atoms with van der Waals surface area (Å²) in [6.07, 6.45) is 2.95. The van der Waals surface area contributed by atoms with Gasteiger partial charge in [0.15, 0.2) is 17.3 Å². The molecule has 0 bridgehead atoms. The van der Waals surface area contributed by atoms with Gasteiger partial charge in [0.05, 0.1) is 24.3 Å². The molecule has 0 spiro atoms. The number of carbonyl (C=O) groups is 1. The molecule has 1 aromatic rings. The molecular formula is C13H16Cl2LiO3P. The van der Waals surface area contributed by atoms with E-state index < -0.39 is 0 Å². The third-order valence-electron chi connectivity index (χ3n) is 2.66. The smallest absolute Gasteiger partial charge is 0.558 e. The molecule has 0 atom stereocenters. The fraction of sp³-hybridized carbons (Fsp3) is 0.462. The largest absolute Gasteiger partial charge is 1.00 e. The van der Waals surface area contributed by atoms with Gasteiger partial charge >= 0.3 is 18.9 Å². The zero-order valence-electron chi connectivity index (χ0n) is 11.9. The van der Waals surface area contributed by atoms with Gasteiger partial charge in [-0.15, -0.1) is 0 Å². The van der Waals surface area contributed by atoms with Crippen molar-refractivity contribution in [3.63, 3.8) is 0 Å². The summed E-state index contributed by atoms with van der Waals surface area (Å²) >= 11 is 12.1. The topological polar surface area (TPSA) is 35.5 Å². The number of methoxy groups -OCH3 is 2. The minimum Gasteiger partial charge on any atom is -0.558 e. The Morgan fingerprint density at radius 2 is 1.65 bits per heavy atom. The van der Waals surface area contributed by atoms with Gasteiger partial charge in [0, 0.05) is 6.42 Å². The molecule has 0 heterocycles. The van der Waals surface area contributed by atoms with E-state index in [1.165, 1.54) is 20.3 Å². The summed E-state index contributed by atoms with van der Waals surface area (Å²) in [5, 5.41) is 0.605. The van der Waals surface area contributed by atoms with Crippen molar-refractivity contribution in [2.24, 2.45) is 0 Å². The van der Waals surface area contributed by atoms with Crippen LogP contribution < -0.4 is 28.3 Å². The average molecular weight is 329 g/mol. The molecule has 7 heteroatoms. The molecule has 0 N–H and O–H groups in total. The summed E-state index contributed by atoms with van der Waals surface area (Å²) in [5.41, 5.74) is 0.316. The van der Waals surface area contributed by atoms with Crippen LogP contribution in [0.15, 0.2) is 6.07 Å². The van der Waals surface area contributed by atoms with Crippen molar-refractivity contribution >= 4 is 38.2 Å². The molecule has 0 fully saturated rings. The van der Waals surface area contributed by atoms with E-state index in [9.17, 15) is 4.79 Å². The van der Waals surface area contributed by atoms with Gasteiger partial charge in [-0.3, -0.25) is 4.79 Å². The predicted octanol–water partition coefficient (Wildman–Crippen LogP) is 1.51. The maximum atomic E-state index is 12.3. The van der Waals surface area contributed by atoms with Crippen LogP contribution in [0.4, 0.5) is 0 Å². The van der Waals surface area contributed by atoms with Gasteiger partial charge in [-0.25, -0.2) is 0 Å². The van der Waals surface area contributed by atoms with Crippen molar-refractivity contribution in [3.8, 4) is 11.5 Å². The molecule has 0 radical (unpaired) electrons. The Labute approximate surface area is 144 Å². The number of carbonyl (C=O) groups excluding carboxylic acids is 1. The van der Waals surface area contributed by atoms with Crippen LogP contribution in [0.1, 0.15) is 29.6 Å².